The number of nitrogens with one attached hydrogen (secondary N) is 2. The van der Waals surface area contributed by atoms with Gasteiger partial charge in [0.15, 0.2) is 0 Å². The quantitative estimate of drug-likeness (QED) is 0.723. The van der Waals surface area contributed by atoms with E-state index < -0.39 is 0 Å². The van der Waals surface area contributed by atoms with Crippen molar-refractivity contribution in [2.75, 3.05) is 10.6 Å². The van der Waals surface area contributed by atoms with Gasteiger partial charge in [-0.1, -0.05) is 29.8 Å². The topological polar surface area (TPSA) is 63.0 Å². The van der Waals surface area contributed by atoms with Crippen LogP contribution in [0.25, 0.3) is 0 Å². The van der Waals surface area contributed by atoms with E-state index in [1.165, 1.54) is 11.1 Å². The van der Waals surface area contributed by atoms with E-state index in [2.05, 4.69) is 51.8 Å². The Hall–Kier alpha value is -2.82. The van der Waals surface area contributed by atoms with E-state index in [4.69, 9.17) is 4.42 Å². The van der Waals surface area contributed by atoms with Crippen LogP contribution in [0.2, 0.25) is 0 Å². The molecule has 0 aliphatic rings. The fourth-order valence-electron chi connectivity index (χ4n) is 2.22. The third-order valence-electron chi connectivity index (χ3n) is 3.45. The van der Waals surface area contributed by atoms with Gasteiger partial charge < -0.3 is 15.1 Å². The first-order chi connectivity index (χ1) is 11.2. The van der Waals surface area contributed by atoms with E-state index in [-0.39, 0.29) is 0 Å². The minimum absolute atomic E-state index is 0.563. The molecule has 23 heavy (non-hydrogen) atoms. The highest BCUT2D eigenvalue weighted by atomic mass is 16.3. The summed E-state index contributed by atoms with van der Waals surface area (Å²) in [6.07, 6.45) is 1.66. The van der Waals surface area contributed by atoms with Gasteiger partial charge in [-0.25, -0.2) is 4.98 Å². The van der Waals surface area contributed by atoms with Crippen LogP contribution >= 0.6 is 0 Å². The van der Waals surface area contributed by atoms with Gasteiger partial charge >= 0.3 is 0 Å². The summed E-state index contributed by atoms with van der Waals surface area (Å²) in [5.41, 5.74) is 3.39. The molecule has 0 spiro atoms. The molecule has 2 heterocycles. The lowest BCUT2D eigenvalue weighted by Gasteiger charge is -2.09. The van der Waals surface area contributed by atoms with Crippen LogP contribution in [-0.2, 0) is 13.1 Å². The highest BCUT2D eigenvalue weighted by Crippen LogP contribution is 2.13. The van der Waals surface area contributed by atoms with Crippen LogP contribution in [0.1, 0.15) is 22.6 Å². The third-order valence-corrected chi connectivity index (χ3v) is 3.45. The van der Waals surface area contributed by atoms with Crippen molar-refractivity contribution in [1.82, 2.24) is 9.97 Å². The Kier molecular flexibility index (Phi) is 4.57. The number of rotatable bonds is 6. The van der Waals surface area contributed by atoms with Crippen LogP contribution in [0, 0.1) is 13.8 Å². The van der Waals surface area contributed by atoms with Crippen molar-refractivity contribution >= 4 is 11.8 Å². The smallest absolute Gasteiger partial charge is 0.225 e. The van der Waals surface area contributed by atoms with Crippen LogP contribution in [0.3, 0.4) is 0 Å². The van der Waals surface area contributed by atoms with Crippen molar-refractivity contribution in [2.45, 2.75) is 26.9 Å². The Labute approximate surface area is 135 Å². The summed E-state index contributed by atoms with van der Waals surface area (Å²) in [5.74, 6) is 2.25. The molecular weight excluding hydrogens is 288 g/mol. The lowest BCUT2D eigenvalue weighted by atomic mass is 10.1. The second-order valence-corrected chi connectivity index (χ2v) is 5.49. The summed E-state index contributed by atoms with van der Waals surface area (Å²) in [5, 5.41) is 6.52. The zero-order valence-electron chi connectivity index (χ0n) is 13.3. The molecule has 3 rings (SSSR count). The molecule has 0 saturated heterocycles. The van der Waals surface area contributed by atoms with E-state index in [1.54, 1.807) is 6.26 Å². The lowest BCUT2D eigenvalue weighted by molar-refractivity contribution is 0.517. The average molecular weight is 308 g/mol. The zero-order chi connectivity index (χ0) is 16.1. The molecule has 0 radical (unpaired) electrons. The Morgan fingerprint density at radius 2 is 1.78 bits per heavy atom. The van der Waals surface area contributed by atoms with Crippen LogP contribution in [0.4, 0.5) is 11.8 Å². The number of furan rings is 1. The Bertz CT molecular complexity index is 751. The fraction of sp³-hybridized carbons (Fsp3) is 0.222. The van der Waals surface area contributed by atoms with Gasteiger partial charge in [-0.2, -0.15) is 4.98 Å². The highest BCUT2D eigenvalue weighted by molar-refractivity contribution is 5.43. The molecule has 0 atom stereocenters. The molecule has 0 aliphatic carbocycles. The van der Waals surface area contributed by atoms with Crippen molar-refractivity contribution in [3.63, 3.8) is 0 Å². The molecular formula is C18H20N4O. The maximum Gasteiger partial charge on any atom is 0.225 e. The molecule has 0 amide bonds. The predicted octanol–water partition coefficient (Wildman–Crippen LogP) is 3.91. The van der Waals surface area contributed by atoms with Gasteiger partial charge in [0.1, 0.15) is 11.6 Å². The van der Waals surface area contributed by atoms with Gasteiger partial charge in [-0.05, 0) is 31.5 Å². The van der Waals surface area contributed by atoms with Crippen molar-refractivity contribution in [3.05, 3.63) is 71.3 Å². The molecule has 3 aromatic rings. The second-order valence-electron chi connectivity index (χ2n) is 5.49. The SMILES string of the molecule is Cc1ccc(CNc2cc(C)nc(NCc3ccco3)n2)cc1. The molecule has 0 saturated carbocycles. The Morgan fingerprint density at radius 1 is 0.957 bits per heavy atom. The molecule has 0 aliphatic heterocycles. The minimum Gasteiger partial charge on any atom is -0.467 e. The van der Waals surface area contributed by atoms with E-state index >= 15 is 0 Å². The Balaban J connectivity index is 1.63. The maximum absolute atomic E-state index is 5.30. The van der Waals surface area contributed by atoms with Crippen molar-refractivity contribution in [3.8, 4) is 0 Å². The highest BCUT2D eigenvalue weighted by Gasteiger charge is 2.03. The summed E-state index contributed by atoms with van der Waals surface area (Å²) < 4.78 is 5.30. The van der Waals surface area contributed by atoms with Gasteiger partial charge in [0.25, 0.3) is 0 Å². The van der Waals surface area contributed by atoms with Crippen LogP contribution in [0.15, 0.2) is 53.1 Å². The first kappa shape index (κ1) is 15.1. The number of hydrogen-bond donors (Lipinski definition) is 2. The molecule has 2 N–H and O–H groups in total. The largest absolute Gasteiger partial charge is 0.467 e. The molecule has 2 aromatic heterocycles. The monoisotopic (exact) mass is 308 g/mol. The molecule has 1 aromatic carbocycles. The molecule has 0 bridgehead atoms. The molecule has 0 unspecified atom stereocenters. The first-order valence-electron chi connectivity index (χ1n) is 7.60. The Morgan fingerprint density at radius 3 is 2.52 bits per heavy atom. The molecule has 5 heteroatoms. The number of benzene rings is 1. The number of aryl methyl sites for hydroxylation is 2. The summed E-state index contributed by atoms with van der Waals surface area (Å²) in [7, 11) is 0. The van der Waals surface area contributed by atoms with Crippen molar-refractivity contribution in [1.29, 1.82) is 0 Å². The third kappa shape index (κ3) is 4.32. The standard InChI is InChI=1S/C18H20N4O/c1-13-5-7-15(8-6-13)11-19-17-10-14(2)21-18(22-17)20-12-16-4-3-9-23-16/h3-10H,11-12H2,1-2H3,(H2,19,20,21,22). The molecule has 5 nitrogen and oxygen atoms in total. The summed E-state index contributed by atoms with van der Waals surface area (Å²) in [4.78, 5) is 8.89. The summed E-state index contributed by atoms with van der Waals surface area (Å²) in [6.45, 7) is 5.33. The van der Waals surface area contributed by atoms with Gasteiger partial charge in [0.05, 0.1) is 12.8 Å². The van der Waals surface area contributed by atoms with Gasteiger partial charge in [-0.3, -0.25) is 0 Å². The predicted molar refractivity (Wildman–Crippen MR) is 91.3 cm³/mol. The van der Waals surface area contributed by atoms with Crippen molar-refractivity contribution in [2.24, 2.45) is 0 Å². The number of nitrogens with zero attached hydrogens (tertiary/aromatic N) is 2. The normalized spacial score (nSPS) is 10.5. The zero-order valence-corrected chi connectivity index (χ0v) is 13.3. The van der Waals surface area contributed by atoms with E-state index in [0.29, 0.717) is 12.5 Å². The van der Waals surface area contributed by atoms with Gasteiger partial charge in [0, 0.05) is 18.3 Å². The summed E-state index contributed by atoms with van der Waals surface area (Å²) >= 11 is 0. The molecule has 0 fully saturated rings. The second kappa shape index (κ2) is 6.96. The average Bonchev–Trinajstić information content (AvgIpc) is 3.05. The molecule has 118 valence electrons. The van der Waals surface area contributed by atoms with E-state index in [9.17, 15) is 0 Å². The van der Waals surface area contributed by atoms with Gasteiger partial charge in [-0.15, -0.1) is 0 Å². The maximum atomic E-state index is 5.30. The van der Waals surface area contributed by atoms with E-state index in [1.807, 2.05) is 25.1 Å². The number of anilines is 2. The number of hydrogen-bond acceptors (Lipinski definition) is 5. The van der Waals surface area contributed by atoms with Gasteiger partial charge in [0.2, 0.25) is 5.95 Å². The van der Waals surface area contributed by atoms with Crippen LogP contribution < -0.4 is 10.6 Å². The fourth-order valence-corrected chi connectivity index (χ4v) is 2.22. The summed E-state index contributed by atoms with van der Waals surface area (Å²) in [6, 6.07) is 14.2. The van der Waals surface area contributed by atoms with Crippen LogP contribution in [-0.4, -0.2) is 9.97 Å². The number of aromatic nitrogens is 2. The van der Waals surface area contributed by atoms with E-state index in [0.717, 1.165) is 23.8 Å². The van der Waals surface area contributed by atoms with Crippen LogP contribution in [0.5, 0.6) is 0 Å². The lowest BCUT2D eigenvalue weighted by Crippen LogP contribution is -2.07. The first-order valence-corrected chi connectivity index (χ1v) is 7.60. The van der Waals surface area contributed by atoms with Crippen molar-refractivity contribution < 1.29 is 4.42 Å². The minimum atomic E-state index is 0.563.